The first kappa shape index (κ1) is 28.9. The molecule has 10 heteroatoms. The Morgan fingerprint density at radius 2 is 1.68 bits per heavy atom. The van der Waals surface area contributed by atoms with Gasteiger partial charge in [0, 0.05) is 11.5 Å². The number of fused-ring (bicyclic) bond motifs is 1. The Balaban J connectivity index is 2.06. The summed E-state index contributed by atoms with van der Waals surface area (Å²) < 4.78 is 39.0. The first-order valence-corrected chi connectivity index (χ1v) is 14.0. The van der Waals surface area contributed by atoms with Gasteiger partial charge in [-0.25, -0.2) is 14.6 Å². The molecule has 1 atom stereocenters. The number of aromatic nitrogens is 1. The van der Waals surface area contributed by atoms with Crippen LogP contribution in [0.25, 0.3) is 10.9 Å². The van der Waals surface area contributed by atoms with Gasteiger partial charge in [-0.05, 0) is 55.0 Å². The third-order valence-electron chi connectivity index (χ3n) is 5.41. The number of benzene rings is 2. The van der Waals surface area contributed by atoms with E-state index >= 15 is 0 Å². The van der Waals surface area contributed by atoms with E-state index in [9.17, 15) is 18.0 Å². The van der Waals surface area contributed by atoms with Crippen LogP contribution in [0.3, 0.4) is 0 Å². The average Bonchev–Trinajstić information content (AvgIpc) is 2.80. The fraction of sp³-hybridized carbons (Fsp3) is 0.393. The topological polar surface area (TPSA) is 121 Å². The van der Waals surface area contributed by atoms with Gasteiger partial charge in [-0.15, -0.1) is 0 Å². The van der Waals surface area contributed by atoms with Gasteiger partial charge in [-0.2, -0.15) is 8.42 Å². The third kappa shape index (κ3) is 7.92. The first-order valence-electron chi connectivity index (χ1n) is 12.2. The highest BCUT2D eigenvalue weighted by atomic mass is 32.2. The number of hydrogen-bond acceptors (Lipinski definition) is 8. The fourth-order valence-electron chi connectivity index (χ4n) is 4.08. The SMILES string of the molecule is CC(C)OC(=O)[C@](CC(C)(C)C)(NC(=O)OCc1ccccc1)c1ccc2nc(OS(C)(=O)=O)ccc2c1. The Morgan fingerprint density at radius 1 is 1.00 bits per heavy atom. The Morgan fingerprint density at radius 3 is 2.29 bits per heavy atom. The van der Waals surface area contributed by atoms with E-state index in [1.807, 2.05) is 51.1 Å². The summed E-state index contributed by atoms with van der Waals surface area (Å²) >= 11 is 0. The van der Waals surface area contributed by atoms with Gasteiger partial charge in [0.2, 0.25) is 5.88 Å². The van der Waals surface area contributed by atoms with Gasteiger partial charge in [0.1, 0.15) is 6.61 Å². The van der Waals surface area contributed by atoms with Crippen LogP contribution >= 0.6 is 0 Å². The quantitative estimate of drug-likeness (QED) is 0.293. The van der Waals surface area contributed by atoms with Crippen LogP contribution in [-0.4, -0.2) is 37.8 Å². The van der Waals surface area contributed by atoms with Crippen LogP contribution in [-0.2, 0) is 36.5 Å². The fourth-order valence-corrected chi connectivity index (χ4v) is 4.48. The Hall–Kier alpha value is -3.66. The van der Waals surface area contributed by atoms with E-state index < -0.39 is 39.2 Å². The monoisotopic (exact) mass is 542 g/mol. The van der Waals surface area contributed by atoms with Crippen LogP contribution in [0.15, 0.2) is 60.7 Å². The van der Waals surface area contributed by atoms with Crippen molar-refractivity contribution in [2.24, 2.45) is 5.41 Å². The van der Waals surface area contributed by atoms with Crippen LogP contribution < -0.4 is 9.50 Å². The van der Waals surface area contributed by atoms with Crippen LogP contribution in [0.5, 0.6) is 5.88 Å². The highest BCUT2D eigenvalue weighted by molar-refractivity contribution is 7.86. The second kappa shape index (κ2) is 11.4. The van der Waals surface area contributed by atoms with Crippen LogP contribution in [0.1, 0.15) is 52.2 Å². The summed E-state index contributed by atoms with van der Waals surface area (Å²) in [5.74, 6) is -0.695. The summed E-state index contributed by atoms with van der Waals surface area (Å²) in [4.78, 5) is 31.1. The van der Waals surface area contributed by atoms with Gasteiger partial charge in [0.05, 0.1) is 17.9 Å². The number of carbonyl (C=O) groups excluding carboxylic acids is 2. The number of carbonyl (C=O) groups is 2. The molecule has 0 fully saturated rings. The molecule has 0 aliphatic heterocycles. The first-order chi connectivity index (χ1) is 17.7. The number of nitrogens with one attached hydrogen (secondary N) is 1. The normalized spacial score (nSPS) is 13.6. The molecule has 0 unspecified atom stereocenters. The van der Waals surface area contributed by atoms with Gasteiger partial charge in [-0.1, -0.05) is 57.2 Å². The molecule has 0 saturated heterocycles. The smallest absolute Gasteiger partial charge is 0.408 e. The number of amides is 1. The summed E-state index contributed by atoms with van der Waals surface area (Å²) in [7, 11) is -3.74. The molecule has 2 aromatic carbocycles. The molecule has 204 valence electrons. The molecule has 1 amide bonds. The molecule has 0 aliphatic rings. The number of pyridine rings is 1. The van der Waals surface area contributed by atoms with Gasteiger partial charge < -0.3 is 19.0 Å². The van der Waals surface area contributed by atoms with Crippen molar-refractivity contribution in [1.82, 2.24) is 10.3 Å². The predicted octanol–water partition coefficient (Wildman–Crippen LogP) is 5.08. The Bertz CT molecular complexity index is 1400. The maximum absolute atomic E-state index is 13.7. The van der Waals surface area contributed by atoms with Crippen LogP contribution in [0, 0.1) is 5.41 Å². The molecule has 1 heterocycles. The lowest BCUT2D eigenvalue weighted by atomic mass is 9.75. The van der Waals surface area contributed by atoms with E-state index in [1.54, 1.807) is 38.1 Å². The van der Waals surface area contributed by atoms with Gasteiger partial charge in [0.15, 0.2) is 5.54 Å². The maximum Gasteiger partial charge on any atom is 0.408 e. The number of rotatable bonds is 9. The highest BCUT2D eigenvalue weighted by Crippen LogP contribution is 2.38. The number of esters is 1. The molecule has 38 heavy (non-hydrogen) atoms. The zero-order valence-electron chi connectivity index (χ0n) is 22.5. The Labute approximate surface area is 223 Å². The number of nitrogens with zero attached hydrogens (tertiary/aromatic N) is 1. The van der Waals surface area contributed by atoms with E-state index in [4.69, 9.17) is 13.7 Å². The van der Waals surface area contributed by atoms with Crippen LogP contribution in [0.2, 0.25) is 0 Å². The summed E-state index contributed by atoms with van der Waals surface area (Å²) in [6.45, 7) is 9.38. The van der Waals surface area contributed by atoms with Gasteiger partial charge in [-0.3, -0.25) is 0 Å². The highest BCUT2D eigenvalue weighted by Gasteiger charge is 2.47. The van der Waals surface area contributed by atoms with E-state index in [-0.39, 0.29) is 18.9 Å². The largest absolute Gasteiger partial charge is 0.461 e. The molecule has 0 spiro atoms. The van der Waals surface area contributed by atoms with Crippen molar-refractivity contribution in [3.8, 4) is 5.88 Å². The molecule has 0 radical (unpaired) electrons. The van der Waals surface area contributed by atoms with Crippen molar-refractivity contribution in [3.63, 3.8) is 0 Å². The van der Waals surface area contributed by atoms with Crippen molar-refractivity contribution < 1.29 is 31.7 Å². The molecule has 1 N–H and O–H groups in total. The third-order valence-corrected chi connectivity index (χ3v) is 5.88. The lowest BCUT2D eigenvalue weighted by molar-refractivity contribution is -0.157. The molecule has 0 saturated carbocycles. The molecule has 0 bridgehead atoms. The minimum atomic E-state index is -3.74. The predicted molar refractivity (Wildman–Crippen MR) is 144 cm³/mol. The van der Waals surface area contributed by atoms with Crippen LogP contribution in [0.4, 0.5) is 4.79 Å². The van der Waals surface area contributed by atoms with Crippen molar-refractivity contribution in [2.45, 2.75) is 59.3 Å². The van der Waals surface area contributed by atoms with Gasteiger partial charge >= 0.3 is 22.2 Å². The van der Waals surface area contributed by atoms with Crippen molar-refractivity contribution in [2.75, 3.05) is 6.26 Å². The number of hydrogen-bond donors (Lipinski definition) is 1. The number of alkyl carbamates (subject to hydrolysis) is 1. The maximum atomic E-state index is 13.7. The summed E-state index contributed by atoms with van der Waals surface area (Å²) in [6, 6.07) is 17.3. The van der Waals surface area contributed by atoms with Gasteiger partial charge in [0.25, 0.3) is 0 Å². The van der Waals surface area contributed by atoms with Crippen molar-refractivity contribution in [1.29, 1.82) is 0 Å². The minimum absolute atomic E-state index is 0.0300. The summed E-state index contributed by atoms with van der Waals surface area (Å²) in [5, 5.41) is 3.44. The molecule has 9 nitrogen and oxygen atoms in total. The van der Waals surface area contributed by atoms with E-state index in [0.717, 1.165) is 11.8 Å². The molecule has 1 aromatic heterocycles. The lowest BCUT2D eigenvalue weighted by Gasteiger charge is -2.38. The number of ether oxygens (including phenoxy) is 2. The molecule has 0 aliphatic carbocycles. The van der Waals surface area contributed by atoms with E-state index in [0.29, 0.717) is 16.5 Å². The zero-order chi connectivity index (χ0) is 28.1. The van der Waals surface area contributed by atoms with Crippen molar-refractivity contribution >= 4 is 33.1 Å². The van der Waals surface area contributed by atoms with E-state index in [1.165, 1.54) is 6.07 Å². The second-order valence-corrected chi connectivity index (χ2v) is 12.2. The minimum Gasteiger partial charge on any atom is -0.461 e. The average molecular weight is 543 g/mol. The molecule has 3 aromatic rings. The van der Waals surface area contributed by atoms with Crippen molar-refractivity contribution in [3.05, 3.63) is 71.8 Å². The standard InChI is InChI=1S/C28H34N2O7S/c1-19(2)36-25(31)28(18-27(3,4)5,30-26(32)35-17-20-10-8-7-9-11-20)22-13-14-23-21(16-22)12-15-24(29-23)37-38(6,33)34/h7-16,19H,17-18H2,1-6H3,(H,30,32)/t28-/m1/s1. The summed E-state index contributed by atoms with van der Waals surface area (Å²) in [5.41, 5.74) is -0.267. The summed E-state index contributed by atoms with van der Waals surface area (Å²) in [6.07, 6.45) is -0.0536. The molecular weight excluding hydrogens is 508 g/mol. The van der Waals surface area contributed by atoms with E-state index in [2.05, 4.69) is 10.3 Å². The molecule has 3 rings (SSSR count). The lowest BCUT2D eigenvalue weighted by Crippen LogP contribution is -2.55. The molecular formula is C28H34N2O7S. The zero-order valence-corrected chi connectivity index (χ0v) is 23.3. The Kier molecular flexibility index (Phi) is 8.66. The second-order valence-electron chi connectivity index (χ2n) is 10.6.